The van der Waals surface area contributed by atoms with Gasteiger partial charge in [0.05, 0.1) is 11.3 Å². The summed E-state index contributed by atoms with van der Waals surface area (Å²) in [4.78, 5) is 17.5. The first-order valence-electron chi connectivity index (χ1n) is 12.5. The van der Waals surface area contributed by atoms with Gasteiger partial charge in [-0.1, -0.05) is 37.3 Å². The molecule has 0 amide bonds. The highest BCUT2D eigenvalue weighted by molar-refractivity contribution is 5.90. The van der Waals surface area contributed by atoms with E-state index in [1.807, 2.05) is 19.1 Å². The van der Waals surface area contributed by atoms with Crippen molar-refractivity contribution in [1.29, 1.82) is 0 Å². The lowest BCUT2D eigenvalue weighted by atomic mass is 10.0. The van der Waals surface area contributed by atoms with Crippen molar-refractivity contribution in [1.82, 2.24) is 10.3 Å². The lowest BCUT2D eigenvalue weighted by Crippen LogP contribution is -2.46. The fourth-order valence-corrected chi connectivity index (χ4v) is 4.20. The van der Waals surface area contributed by atoms with Crippen molar-refractivity contribution >= 4 is 18.4 Å². The van der Waals surface area contributed by atoms with Crippen molar-refractivity contribution in [3.05, 3.63) is 113 Å². The van der Waals surface area contributed by atoms with Crippen LogP contribution < -0.4 is 11.1 Å². The number of hydrogen-bond acceptors (Lipinski definition) is 6. The number of nitrogens with two attached hydrogens (primary N) is 1. The number of rotatable bonds is 11. The quantitative estimate of drug-likeness (QED) is 0.227. The van der Waals surface area contributed by atoms with Crippen molar-refractivity contribution in [3.8, 4) is 11.5 Å². The maximum atomic E-state index is 13.8. The summed E-state index contributed by atoms with van der Waals surface area (Å²) >= 11 is 0. The van der Waals surface area contributed by atoms with Gasteiger partial charge < -0.3 is 20.2 Å². The summed E-state index contributed by atoms with van der Waals surface area (Å²) in [5, 5.41) is 3.31. The van der Waals surface area contributed by atoms with Crippen LogP contribution >= 0.6 is 12.4 Å². The average Bonchev–Trinajstić information content (AvgIpc) is 3.34. The van der Waals surface area contributed by atoms with Crippen LogP contribution in [-0.4, -0.2) is 29.6 Å². The Kier molecular flexibility index (Phi) is 10.7. The van der Waals surface area contributed by atoms with Crippen molar-refractivity contribution in [2.24, 2.45) is 5.73 Å². The van der Waals surface area contributed by atoms with Gasteiger partial charge in [0.1, 0.15) is 24.0 Å². The second-order valence-corrected chi connectivity index (χ2v) is 9.27. The number of aryl methyl sites for hydroxylation is 2. The van der Waals surface area contributed by atoms with Gasteiger partial charge in [0.15, 0.2) is 0 Å². The van der Waals surface area contributed by atoms with E-state index in [9.17, 15) is 13.6 Å². The van der Waals surface area contributed by atoms with Crippen molar-refractivity contribution in [2.75, 3.05) is 6.54 Å². The highest BCUT2D eigenvalue weighted by atomic mass is 35.5. The molecule has 0 bridgehead atoms. The van der Waals surface area contributed by atoms with Crippen molar-refractivity contribution in [2.45, 2.75) is 45.4 Å². The van der Waals surface area contributed by atoms with Crippen LogP contribution in [0, 0.1) is 18.6 Å². The SMILES string of the molecule is CCc1cccc(CNCC(OC(=O)c2cccc(-c3nc(C)co3)c2)C(N)Cc2cc(F)cc(F)c2)c1.Cl. The Morgan fingerprint density at radius 1 is 1.03 bits per heavy atom. The number of halogens is 3. The van der Waals surface area contributed by atoms with Gasteiger partial charge in [-0.3, -0.25) is 0 Å². The lowest BCUT2D eigenvalue weighted by Gasteiger charge is -2.25. The van der Waals surface area contributed by atoms with Crippen LogP contribution in [0.25, 0.3) is 11.5 Å². The van der Waals surface area contributed by atoms with E-state index in [4.69, 9.17) is 14.9 Å². The highest BCUT2D eigenvalue weighted by Crippen LogP contribution is 2.21. The maximum Gasteiger partial charge on any atom is 0.338 e. The van der Waals surface area contributed by atoms with E-state index in [0.29, 0.717) is 29.1 Å². The van der Waals surface area contributed by atoms with E-state index in [0.717, 1.165) is 23.7 Å². The van der Waals surface area contributed by atoms with Crippen LogP contribution in [0.1, 0.15) is 39.7 Å². The van der Waals surface area contributed by atoms with Crippen molar-refractivity contribution in [3.63, 3.8) is 0 Å². The molecule has 2 atom stereocenters. The predicted octanol–water partition coefficient (Wildman–Crippen LogP) is 5.80. The topological polar surface area (TPSA) is 90.4 Å². The fourth-order valence-electron chi connectivity index (χ4n) is 4.20. The molecule has 1 aromatic heterocycles. The Hall–Kier alpha value is -3.59. The molecule has 0 spiro atoms. The molecule has 206 valence electrons. The molecule has 9 heteroatoms. The number of nitrogens with one attached hydrogen (secondary N) is 1. The Morgan fingerprint density at radius 3 is 2.44 bits per heavy atom. The number of aromatic nitrogens is 1. The van der Waals surface area contributed by atoms with E-state index < -0.39 is 29.7 Å². The second-order valence-electron chi connectivity index (χ2n) is 9.27. The second kappa shape index (κ2) is 14.0. The standard InChI is InChI=1S/C30H31F2N3O3.ClH/c1-3-20-6-4-7-21(10-20)16-34-17-28(27(33)13-22-11-25(31)15-26(32)12-22)38-30(36)24-9-5-8-23(14-24)29-35-19(2)18-37-29;/h4-12,14-15,18,27-28,34H,3,13,16-17,33H2,1-2H3;1H. The zero-order valence-electron chi connectivity index (χ0n) is 21.8. The summed E-state index contributed by atoms with van der Waals surface area (Å²) in [5.41, 5.74) is 10.8. The number of carbonyl (C=O) groups is 1. The summed E-state index contributed by atoms with van der Waals surface area (Å²) in [6, 6.07) is 17.5. The van der Waals surface area contributed by atoms with E-state index in [2.05, 4.69) is 29.4 Å². The molecular weight excluding hydrogens is 524 g/mol. The molecule has 0 aliphatic heterocycles. The van der Waals surface area contributed by atoms with Gasteiger partial charge in [0.25, 0.3) is 0 Å². The molecule has 4 aromatic rings. The molecule has 0 aliphatic carbocycles. The van der Waals surface area contributed by atoms with Gasteiger partial charge in [-0.25, -0.2) is 18.6 Å². The predicted molar refractivity (Wildman–Crippen MR) is 149 cm³/mol. The van der Waals surface area contributed by atoms with Gasteiger partial charge in [-0.2, -0.15) is 0 Å². The molecule has 0 fully saturated rings. The molecular formula is C30H32ClF2N3O3. The number of ether oxygens (including phenoxy) is 1. The largest absolute Gasteiger partial charge is 0.456 e. The van der Waals surface area contributed by atoms with E-state index in [1.165, 1.54) is 24.0 Å². The normalized spacial score (nSPS) is 12.4. The van der Waals surface area contributed by atoms with E-state index >= 15 is 0 Å². The third-order valence-corrected chi connectivity index (χ3v) is 6.17. The zero-order chi connectivity index (χ0) is 27.1. The lowest BCUT2D eigenvalue weighted by molar-refractivity contribution is 0.0238. The minimum atomic E-state index is -0.768. The Bertz CT molecular complexity index is 1380. The summed E-state index contributed by atoms with van der Waals surface area (Å²) in [6.45, 7) is 4.70. The number of hydrogen-bond donors (Lipinski definition) is 2. The first kappa shape index (κ1) is 30.0. The minimum absolute atomic E-state index is 0. The minimum Gasteiger partial charge on any atom is -0.456 e. The first-order chi connectivity index (χ1) is 18.3. The fraction of sp³-hybridized carbons (Fsp3) is 0.267. The number of carbonyl (C=O) groups excluding carboxylic acids is 1. The summed E-state index contributed by atoms with van der Waals surface area (Å²) in [5.74, 6) is -1.55. The molecule has 4 rings (SSSR count). The Morgan fingerprint density at radius 2 is 1.74 bits per heavy atom. The van der Waals surface area contributed by atoms with Gasteiger partial charge in [-0.05, 0) is 66.8 Å². The van der Waals surface area contributed by atoms with Crippen LogP contribution in [0.15, 0.2) is 77.4 Å². The molecule has 0 aliphatic rings. The summed E-state index contributed by atoms with van der Waals surface area (Å²) < 4.78 is 38.8. The molecule has 0 saturated heterocycles. The van der Waals surface area contributed by atoms with E-state index in [1.54, 1.807) is 24.3 Å². The smallest absolute Gasteiger partial charge is 0.338 e. The monoisotopic (exact) mass is 555 g/mol. The number of oxazole rings is 1. The van der Waals surface area contributed by atoms with E-state index in [-0.39, 0.29) is 25.4 Å². The first-order valence-corrected chi connectivity index (χ1v) is 12.5. The van der Waals surface area contributed by atoms with Gasteiger partial charge in [0.2, 0.25) is 5.89 Å². The van der Waals surface area contributed by atoms with Gasteiger partial charge >= 0.3 is 5.97 Å². The van der Waals surface area contributed by atoms with Crippen LogP contribution in [0.3, 0.4) is 0 Å². The molecule has 3 N–H and O–H groups in total. The maximum absolute atomic E-state index is 13.8. The third-order valence-electron chi connectivity index (χ3n) is 6.17. The molecule has 6 nitrogen and oxygen atoms in total. The van der Waals surface area contributed by atoms with Gasteiger partial charge in [-0.15, -0.1) is 12.4 Å². The summed E-state index contributed by atoms with van der Waals surface area (Å²) in [6.07, 6.45) is 1.81. The molecule has 0 radical (unpaired) electrons. The molecule has 39 heavy (non-hydrogen) atoms. The van der Waals surface area contributed by atoms with Crippen LogP contribution in [0.5, 0.6) is 0 Å². The third kappa shape index (κ3) is 8.45. The van der Waals surface area contributed by atoms with Crippen LogP contribution in [0.4, 0.5) is 8.78 Å². The van der Waals surface area contributed by atoms with Crippen LogP contribution in [-0.2, 0) is 24.1 Å². The zero-order valence-corrected chi connectivity index (χ0v) is 22.6. The molecule has 3 aromatic carbocycles. The van der Waals surface area contributed by atoms with Crippen LogP contribution in [0.2, 0.25) is 0 Å². The number of nitrogens with zero attached hydrogens (tertiary/aromatic N) is 1. The average molecular weight is 556 g/mol. The molecule has 1 heterocycles. The Balaban J connectivity index is 0.00000420. The number of benzene rings is 3. The highest BCUT2D eigenvalue weighted by Gasteiger charge is 2.24. The molecule has 0 saturated carbocycles. The van der Waals surface area contributed by atoms with Crippen molar-refractivity contribution < 1.29 is 22.7 Å². The Labute approximate surface area is 233 Å². The molecule has 2 unspecified atom stereocenters. The number of esters is 1. The summed E-state index contributed by atoms with van der Waals surface area (Å²) in [7, 11) is 0. The van der Waals surface area contributed by atoms with Gasteiger partial charge in [0, 0.05) is 30.8 Å².